The molecule has 3 nitrogen and oxygen atoms in total. The number of rotatable bonds is 6. The molecule has 1 heterocycles. The molecule has 0 aliphatic rings. The Bertz CT molecular complexity index is 534. The van der Waals surface area contributed by atoms with Crippen molar-refractivity contribution in [3.05, 3.63) is 41.3 Å². The normalized spacial score (nSPS) is 10.9. The fraction of sp³-hybridized carbons (Fsp3) is 0.400. The lowest BCUT2D eigenvalue weighted by Crippen LogP contribution is -2.16. The van der Waals surface area contributed by atoms with Crippen molar-refractivity contribution in [2.45, 2.75) is 26.8 Å². The molecule has 19 heavy (non-hydrogen) atoms. The first kappa shape index (κ1) is 14.1. The Morgan fingerprint density at radius 1 is 1.37 bits per heavy atom. The van der Waals surface area contributed by atoms with Gasteiger partial charge in [-0.1, -0.05) is 30.7 Å². The fourth-order valence-electron chi connectivity index (χ4n) is 2.04. The predicted octanol–water partition coefficient (Wildman–Crippen LogP) is 3.51. The van der Waals surface area contributed by atoms with Crippen LogP contribution in [0.2, 0.25) is 5.02 Å². The molecule has 0 unspecified atom stereocenters. The first-order valence-electron chi connectivity index (χ1n) is 6.69. The Balaban J connectivity index is 2.12. The van der Waals surface area contributed by atoms with Crippen molar-refractivity contribution in [2.75, 3.05) is 13.1 Å². The molecule has 0 saturated heterocycles. The number of aryl methyl sites for hydroxylation is 2. The highest BCUT2D eigenvalue weighted by molar-refractivity contribution is 6.31. The maximum atomic E-state index is 6.19. The van der Waals surface area contributed by atoms with Gasteiger partial charge in [0.1, 0.15) is 0 Å². The summed E-state index contributed by atoms with van der Waals surface area (Å²) in [5, 5.41) is 4.14. The third kappa shape index (κ3) is 3.58. The zero-order valence-electron chi connectivity index (χ0n) is 11.5. The number of hydrogen-bond donors (Lipinski definition) is 1. The van der Waals surface area contributed by atoms with Gasteiger partial charge in [0.25, 0.3) is 0 Å². The van der Waals surface area contributed by atoms with Crippen molar-refractivity contribution in [3.8, 4) is 11.3 Å². The van der Waals surface area contributed by atoms with Crippen LogP contribution in [0.5, 0.6) is 0 Å². The molecule has 0 bridgehead atoms. The quantitative estimate of drug-likeness (QED) is 0.819. The van der Waals surface area contributed by atoms with Gasteiger partial charge in [-0.05, 0) is 38.1 Å². The highest BCUT2D eigenvalue weighted by Gasteiger charge is 2.06. The van der Waals surface area contributed by atoms with Crippen LogP contribution in [0.1, 0.15) is 18.9 Å². The Morgan fingerprint density at radius 3 is 2.95 bits per heavy atom. The summed E-state index contributed by atoms with van der Waals surface area (Å²) in [4.78, 5) is 4.25. The molecular weight excluding hydrogens is 258 g/mol. The van der Waals surface area contributed by atoms with E-state index >= 15 is 0 Å². The average molecular weight is 278 g/mol. The third-order valence-corrected chi connectivity index (χ3v) is 3.59. The number of imidazole rings is 1. The van der Waals surface area contributed by atoms with Gasteiger partial charge in [-0.25, -0.2) is 4.98 Å². The van der Waals surface area contributed by atoms with Crippen LogP contribution in [-0.2, 0) is 6.54 Å². The van der Waals surface area contributed by atoms with Gasteiger partial charge in [-0.3, -0.25) is 0 Å². The van der Waals surface area contributed by atoms with Gasteiger partial charge in [-0.2, -0.15) is 0 Å². The second-order valence-corrected chi connectivity index (χ2v) is 5.05. The molecule has 2 aromatic rings. The monoisotopic (exact) mass is 277 g/mol. The third-order valence-electron chi connectivity index (χ3n) is 3.18. The maximum absolute atomic E-state index is 6.19. The number of nitrogens with zero attached hydrogens (tertiary/aromatic N) is 2. The Kier molecular flexibility index (Phi) is 5.00. The molecule has 0 aliphatic carbocycles. The molecular formula is C15H20ClN3. The van der Waals surface area contributed by atoms with E-state index in [1.807, 2.05) is 31.6 Å². The van der Waals surface area contributed by atoms with E-state index in [1.54, 1.807) is 0 Å². The van der Waals surface area contributed by atoms with E-state index < -0.39 is 0 Å². The highest BCUT2D eigenvalue weighted by Crippen LogP contribution is 2.25. The Morgan fingerprint density at radius 2 is 2.21 bits per heavy atom. The minimum atomic E-state index is 0.804. The number of nitrogens with one attached hydrogen (secondary N) is 1. The molecule has 0 atom stereocenters. The maximum Gasteiger partial charge on any atom is 0.0950 e. The van der Waals surface area contributed by atoms with Crippen molar-refractivity contribution >= 4 is 11.6 Å². The number of hydrogen-bond acceptors (Lipinski definition) is 2. The van der Waals surface area contributed by atoms with E-state index in [4.69, 9.17) is 11.6 Å². The minimum Gasteiger partial charge on any atom is -0.331 e. The standard InChI is InChI=1S/C15H20ClN3/c1-3-17-7-4-8-19-11-18-10-15(19)13-6-5-12(2)14(16)9-13/h5-6,9-11,17H,3-4,7-8H2,1-2H3. The summed E-state index contributed by atoms with van der Waals surface area (Å²) in [5.74, 6) is 0. The minimum absolute atomic E-state index is 0.804. The largest absolute Gasteiger partial charge is 0.331 e. The van der Waals surface area contributed by atoms with E-state index in [9.17, 15) is 0 Å². The molecule has 0 saturated carbocycles. The van der Waals surface area contributed by atoms with E-state index in [-0.39, 0.29) is 0 Å². The van der Waals surface area contributed by atoms with Crippen molar-refractivity contribution in [1.82, 2.24) is 14.9 Å². The van der Waals surface area contributed by atoms with Crippen molar-refractivity contribution in [2.24, 2.45) is 0 Å². The molecule has 102 valence electrons. The van der Waals surface area contributed by atoms with Crippen LogP contribution in [-0.4, -0.2) is 22.6 Å². The molecule has 1 N–H and O–H groups in total. The van der Waals surface area contributed by atoms with Gasteiger partial charge >= 0.3 is 0 Å². The summed E-state index contributed by atoms with van der Waals surface area (Å²) >= 11 is 6.19. The molecule has 4 heteroatoms. The average Bonchev–Trinajstić information content (AvgIpc) is 2.86. The lowest BCUT2D eigenvalue weighted by Gasteiger charge is -2.09. The number of halogens is 1. The van der Waals surface area contributed by atoms with E-state index in [0.717, 1.165) is 47.9 Å². The van der Waals surface area contributed by atoms with E-state index in [2.05, 4.69) is 27.9 Å². The van der Waals surface area contributed by atoms with Gasteiger partial charge in [0.2, 0.25) is 0 Å². The van der Waals surface area contributed by atoms with Crippen LogP contribution in [0.3, 0.4) is 0 Å². The second-order valence-electron chi connectivity index (χ2n) is 4.64. The second kappa shape index (κ2) is 6.73. The SMILES string of the molecule is CCNCCCn1cncc1-c1ccc(C)c(Cl)c1. The van der Waals surface area contributed by atoms with Crippen LogP contribution in [0.4, 0.5) is 0 Å². The van der Waals surface area contributed by atoms with Crippen LogP contribution >= 0.6 is 11.6 Å². The Hall–Kier alpha value is -1.32. The topological polar surface area (TPSA) is 29.9 Å². The summed E-state index contributed by atoms with van der Waals surface area (Å²) in [6.45, 7) is 7.15. The summed E-state index contributed by atoms with van der Waals surface area (Å²) in [6.07, 6.45) is 4.88. The van der Waals surface area contributed by atoms with Gasteiger partial charge < -0.3 is 9.88 Å². The van der Waals surface area contributed by atoms with Crippen molar-refractivity contribution in [3.63, 3.8) is 0 Å². The van der Waals surface area contributed by atoms with Crippen LogP contribution in [0, 0.1) is 6.92 Å². The zero-order valence-corrected chi connectivity index (χ0v) is 12.2. The molecule has 0 spiro atoms. The fourth-order valence-corrected chi connectivity index (χ4v) is 2.22. The van der Waals surface area contributed by atoms with Gasteiger partial charge in [0.15, 0.2) is 0 Å². The van der Waals surface area contributed by atoms with Crippen molar-refractivity contribution < 1.29 is 0 Å². The smallest absolute Gasteiger partial charge is 0.0950 e. The van der Waals surface area contributed by atoms with E-state index in [1.165, 1.54) is 0 Å². The van der Waals surface area contributed by atoms with Gasteiger partial charge in [-0.15, -0.1) is 0 Å². The lowest BCUT2D eigenvalue weighted by atomic mass is 10.1. The first-order valence-corrected chi connectivity index (χ1v) is 7.07. The summed E-state index contributed by atoms with van der Waals surface area (Å²) < 4.78 is 2.18. The Labute approximate surface area is 119 Å². The number of benzene rings is 1. The molecule has 0 fully saturated rings. The van der Waals surface area contributed by atoms with Crippen LogP contribution < -0.4 is 5.32 Å². The summed E-state index contributed by atoms with van der Waals surface area (Å²) in [7, 11) is 0. The molecule has 0 amide bonds. The van der Waals surface area contributed by atoms with Crippen LogP contribution in [0.25, 0.3) is 11.3 Å². The van der Waals surface area contributed by atoms with E-state index in [0.29, 0.717) is 0 Å². The molecule has 0 aliphatic heterocycles. The van der Waals surface area contributed by atoms with Crippen molar-refractivity contribution in [1.29, 1.82) is 0 Å². The number of aromatic nitrogens is 2. The summed E-state index contributed by atoms with van der Waals surface area (Å²) in [5.41, 5.74) is 3.35. The molecule has 1 aromatic carbocycles. The van der Waals surface area contributed by atoms with Crippen LogP contribution in [0.15, 0.2) is 30.7 Å². The molecule has 2 rings (SSSR count). The van der Waals surface area contributed by atoms with Gasteiger partial charge in [0, 0.05) is 17.1 Å². The summed E-state index contributed by atoms with van der Waals surface area (Å²) in [6, 6.07) is 6.15. The molecule has 1 aromatic heterocycles. The zero-order chi connectivity index (χ0) is 13.7. The predicted molar refractivity (Wildman–Crippen MR) is 80.6 cm³/mol. The first-order chi connectivity index (χ1) is 9.22. The highest BCUT2D eigenvalue weighted by atomic mass is 35.5. The molecule has 0 radical (unpaired) electrons. The lowest BCUT2D eigenvalue weighted by molar-refractivity contribution is 0.595. The van der Waals surface area contributed by atoms with Gasteiger partial charge in [0.05, 0.1) is 18.2 Å².